The van der Waals surface area contributed by atoms with Crippen molar-refractivity contribution in [1.82, 2.24) is 10.3 Å². The molecule has 2 rings (SSSR count). The van der Waals surface area contributed by atoms with Gasteiger partial charge in [-0.1, -0.05) is 29.8 Å². The average molecular weight is 374 g/mol. The van der Waals surface area contributed by atoms with Gasteiger partial charge < -0.3 is 9.73 Å². The number of rotatable bonds is 4. The number of hydrogen-bond donors (Lipinski definition) is 1. The van der Waals surface area contributed by atoms with Gasteiger partial charge >= 0.3 is 0 Å². The number of benzene rings is 1. The largest absolute Gasteiger partial charge is 0.443 e. The van der Waals surface area contributed by atoms with E-state index < -0.39 is 0 Å². The third kappa shape index (κ3) is 3.22. The molecular weight excluding hydrogens is 360 g/mol. The molecule has 0 spiro atoms. The van der Waals surface area contributed by atoms with Gasteiger partial charge in [-0.2, -0.15) is 0 Å². The Hall–Kier alpha value is -0.650. The van der Waals surface area contributed by atoms with Crippen LogP contribution in [0, 0.1) is 0 Å². The van der Waals surface area contributed by atoms with Crippen molar-refractivity contribution in [2.24, 2.45) is 0 Å². The summed E-state index contributed by atoms with van der Waals surface area (Å²) in [5.74, 6) is 0.808. The second kappa shape index (κ2) is 5.99. The monoisotopic (exact) mass is 372 g/mol. The third-order valence-electron chi connectivity index (χ3n) is 2.49. The van der Waals surface area contributed by atoms with E-state index in [2.05, 4.69) is 56.0 Å². The maximum atomic E-state index is 5.51. The Balaban J connectivity index is 2.30. The predicted molar refractivity (Wildman–Crippen MR) is 79.3 cm³/mol. The molecule has 0 saturated heterocycles. The molecule has 5 heteroatoms. The zero-order valence-electron chi connectivity index (χ0n) is 10.2. The van der Waals surface area contributed by atoms with Gasteiger partial charge in [-0.05, 0) is 34.1 Å². The van der Waals surface area contributed by atoms with Crippen molar-refractivity contribution < 1.29 is 4.42 Å². The van der Waals surface area contributed by atoms with E-state index in [1.165, 1.54) is 6.39 Å². The summed E-state index contributed by atoms with van der Waals surface area (Å²) in [6, 6.07) is 6.41. The number of nitrogens with zero attached hydrogens (tertiary/aromatic N) is 1. The summed E-state index contributed by atoms with van der Waals surface area (Å²) in [6.45, 7) is 4.91. The second-order valence-corrected chi connectivity index (χ2v) is 6.06. The van der Waals surface area contributed by atoms with E-state index >= 15 is 0 Å². The molecule has 0 unspecified atom stereocenters. The molecule has 0 bridgehead atoms. The van der Waals surface area contributed by atoms with Crippen molar-refractivity contribution in [2.75, 3.05) is 0 Å². The topological polar surface area (TPSA) is 38.1 Å². The van der Waals surface area contributed by atoms with Crippen LogP contribution in [-0.4, -0.2) is 11.0 Å². The average Bonchev–Trinajstić information content (AvgIpc) is 2.74. The first-order chi connectivity index (χ1) is 8.58. The fourth-order valence-corrected chi connectivity index (χ4v) is 2.82. The second-order valence-electron chi connectivity index (χ2n) is 4.29. The summed E-state index contributed by atoms with van der Waals surface area (Å²) >= 11 is 6.98. The Morgan fingerprint density at radius 1 is 1.33 bits per heavy atom. The number of oxazole rings is 1. The fraction of sp³-hybridized carbons (Fsp3) is 0.308. The Kier molecular flexibility index (Phi) is 4.59. The van der Waals surface area contributed by atoms with Crippen LogP contribution in [0.3, 0.4) is 0 Å². The molecule has 0 aliphatic rings. The van der Waals surface area contributed by atoms with Gasteiger partial charge in [0.05, 0.1) is 0 Å². The van der Waals surface area contributed by atoms with Gasteiger partial charge in [0, 0.05) is 27.1 Å². The molecule has 1 aromatic heterocycles. The highest BCUT2D eigenvalue weighted by atomic mass is 79.9. The smallest absolute Gasteiger partial charge is 0.181 e. The van der Waals surface area contributed by atoms with Crippen molar-refractivity contribution in [3.8, 4) is 11.3 Å². The molecular formula is C13H14Br2N2O. The molecule has 0 atom stereocenters. The summed E-state index contributed by atoms with van der Waals surface area (Å²) in [6.07, 6.45) is 1.49. The first-order valence-electron chi connectivity index (χ1n) is 5.69. The lowest BCUT2D eigenvalue weighted by Gasteiger charge is -2.08. The lowest BCUT2D eigenvalue weighted by atomic mass is 10.1. The van der Waals surface area contributed by atoms with E-state index in [0.717, 1.165) is 26.0 Å². The molecule has 0 saturated carbocycles. The van der Waals surface area contributed by atoms with Crippen LogP contribution in [0.2, 0.25) is 0 Å². The highest BCUT2D eigenvalue weighted by Crippen LogP contribution is 2.32. The Morgan fingerprint density at radius 2 is 2.11 bits per heavy atom. The minimum absolute atomic E-state index is 0.419. The lowest BCUT2D eigenvalue weighted by Crippen LogP contribution is -2.22. The van der Waals surface area contributed by atoms with E-state index in [1.807, 2.05) is 18.2 Å². The molecule has 0 fully saturated rings. The molecule has 0 radical (unpaired) electrons. The standard InChI is InChI=1S/C13H14Br2N2O/c1-8(2)16-6-12-13(18-7-17-12)10-4-3-9(14)5-11(10)15/h3-5,7-8,16H,6H2,1-2H3. The van der Waals surface area contributed by atoms with Gasteiger partial charge in [-0.25, -0.2) is 4.98 Å². The highest BCUT2D eigenvalue weighted by Gasteiger charge is 2.13. The van der Waals surface area contributed by atoms with E-state index in [9.17, 15) is 0 Å². The van der Waals surface area contributed by atoms with Crippen LogP contribution in [0.1, 0.15) is 19.5 Å². The van der Waals surface area contributed by atoms with E-state index in [0.29, 0.717) is 12.6 Å². The summed E-state index contributed by atoms with van der Waals surface area (Å²) in [5.41, 5.74) is 1.93. The first-order valence-corrected chi connectivity index (χ1v) is 7.27. The van der Waals surface area contributed by atoms with Crippen molar-refractivity contribution >= 4 is 31.9 Å². The Morgan fingerprint density at radius 3 is 2.78 bits per heavy atom. The van der Waals surface area contributed by atoms with E-state index in [1.54, 1.807) is 0 Å². The lowest BCUT2D eigenvalue weighted by molar-refractivity contribution is 0.562. The number of halogens is 2. The van der Waals surface area contributed by atoms with Crippen LogP contribution in [0.25, 0.3) is 11.3 Å². The van der Waals surface area contributed by atoms with E-state index in [-0.39, 0.29) is 0 Å². The van der Waals surface area contributed by atoms with Crippen LogP contribution in [0.4, 0.5) is 0 Å². The Bertz CT molecular complexity index is 538. The molecule has 1 N–H and O–H groups in total. The molecule has 1 heterocycles. The fourth-order valence-electron chi connectivity index (χ4n) is 1.59. The highest BCUT2D eigenvalue weighted by molar-refractivity contribution is 9.11. The zero-order valence-corrected chi connectivity index (χ0v) is 13.4. The van der Waals surface area contributed by atoms with Crippen molar-refractivity contribution in [3.05, 3.63) is 39.2 Å². The van der Waals surface area contributed by atoms with Gasteiger partial charge in [0.25, 0.3) is 0 Å². The van der Waals surface area contributed by atoms with Crippen molar-refractivity contribution in [1.29, 1.82) is 0 Å². The number of nitrogens with one attached hydrogen (secondary N) is 1. The SMILES string of the molecule is CC(C)NCc1ncoc1-c1ccc(Br)cc1Br. The molecule has 0 amide bonds. The van der Waals surface area contributed by atoms with Crippen molar-refractivity contribution in [3.63, 3.8) is 0 Å². The molecule has 2 aromatic rings. The normalized spacial score (nSPS) is 11.2. The van der Waals surface area contributed by atoms with Gasteiger partial charge in [0.1, 0.15) is 5.69 Å². The summed E-state index contributed by atoms with van der Waals surface area (Å²) in [4.78, 5) is 4.27. The Labute approximate surface area is 123 Å². The summed E-state index contributed by atoms with van der Waals surface area (Å²) in [5, 5.41) is 3.34. The van der Waals surface area contributed by atoms with Gasteiger partial charge in [-0.3, -0.25) is 0 Å². The number of hydrogen-bond acceptors (Lipinski definition) is 3. The quantitative estimate of drug-likeness (QED) is 0.864. The van der Waals surface area contributed by atoms with Gasteiger partial charge in [0.2, 0.25) is 0 Å². The zero-order chi connectivity index (χ0) is 13.1. The minimum atomic E-state index is 0.419. The molecule has 96 valence electrons. The number of aromatic nitrogens is 1. The van der Waals surface area contributed by atoms with Crippen LogP contribution in [0.15, 0.2) is 38.0 Å². The maximum Gasteiger partial charge on any atom is 0.181 e. The van der Waals surface area contributed by atoms with Crippen LogP contribution in [-0.2, 0) is 6.54 Å². The summed E-state index contributed by atoms with van der Waals surface area (Å²) in [7, 11) is 0. The van der Waals surface area contributed by atoms with Crippen molar-refractivity contribution in [2.45, 2.75) is 26.4 Å². The molecule has 0 aliphatic carbocycles. The molecule has 3 nitrogen and oxygen atoms in total. The summed E-state index contributed by atoms with van der Waals surface area (Å²) < 4.78 is 7.52. The molecule has 0 aliphatic heterocycles. The molecule has 18 heavy (non-hydrogen) atoms. The minimum Gasteiger partial charge on any atom is -0.443 e. The van der Waals surface area contributed by atoms with Gasteiger partial charge in [-0.15, -0.1) is 0 Å². The molecule has 1 aromatic carbocycles. The van der Waals surface area contributed by atoms with Gasteiger partial charge in [0.15, 0.2) is 12.2 Å². The predicted octanol–water partition coefficient (Wildman–Crippen LogP) is 4.36. The maximum absolute atomic E-state index is 5.51. The third-order valence-corrected chi connectivity index (χ3v) is 3.64. The van der Waals surface area contributed by atoms with Crippen LogP contribution in [0.5, 0.6) is 0 Å². The van der Waals surface area contributed by atoms with Crippen LogP contribution >= 0.6 is 31.9 Å². The van der Waals surface area contributed by atoms with E-state index in [4.69, 9.17) is 4.42 Å². The first kappa shape index (κ1) is 13.8. The van der Waals surface area contributed by atoms with Crippen LogP contribution < -0.4 is 5.32 Å².